The van der Waals surface area contributed by atoms with Gasteiger partial charge in [-0.25, -0.2) is 0 Å². The lowest BCUT2D eigenvalue weighted by molar-refractivity contribution is -0.119. The molecule has 0 bridgehead atoms. The number of sulfonamides is 1. The number of ether oxygens (including phenoxy) is 1. The summed E-state index contributed by atoms with van der Waals surface area (Å²) in [5.74, 6) is -0.219. The van der Waals surface area contributed by atoms with Gasteiger partial charge in [0.25, 0.3) is 15.9 Å². The summed E-state index contributed by atoms with van der Waals surface area (Å²) in [6.45, 7) is 4.98. The first-order chi connectivity index (χ1) is 12.2. The Morgan fingerprint density at radius 2 is 1.88 bits per heavy atom. The Bertz CT molecular complexity index is 953. The second-order valence-corrected chi connectivity index (χ2v) is 7.44. The molecule has 0 spiro atoms. The molecule has 138 valence electrons. The van der Waals surface area contributed by atoms with Gasteiger partial charge in [-0.3, -0.25) is 4.79 Å². The van der Waals surface area contributed by atoms with Gasteiger partial charge in [0.15, 0.2) is 6.61 Å². The van der Waals surface area contributed by atoms with Gasteiger partial charge < -0.3 is 10.5 Å². The van der Waals surface area contributed by atoms with E-state index in [4.69, 9.17) is 10.5 Å². The molecular weight excluding hydrogens is 354 g/mol. The monoisotopic (exact) mass is 375 g/mol. The van der Waals surface area contributed by atoms with Crippen LogP contribution in [0, 0.1) is 13.8 Å². The zero-order valence-corrected chi connectivity index (χ0v) is 15.6. The van der Waals surface area contributed by atoms with Crippen molar-refractivity contribution in [2.45, 2.75) is 25.7 Å². The summed E-state index contributed by atoms with van der Waals surface area (Å²) in [5, 5.41) is 3.98. The fraction of sp³-hybridized carbons (Fsp3) is 0.222. The summed E-state index contributed by atoms with van der Waals surface area (Å²) in [7, 11) is -3.80. The summed E-state index contributed by atoms with van der Waals surface area (Å²) in [4.78, 5) is 13.3. The normalized spacial score (nSPS) is 11.9. The van der Waals surface area contributed by atoms with Crippen LogP contribution in [0.2, 0.25) is 0 Å². The molecule has 0 aliphatic heterocycles. The number of hydrogen-bond donors (Lipinski definition) is 2. The molecule has 26 heavy (non-hydrogen) atoms. The third-order valence-corrected chi connectivity index (χ3v) is 4.97. The molecule has 8 heteroatoms. The summed E-state index contributed by atoms with van der Waals surface area (Å²) in [6, 6.07) is 11.9. The number of para-hydroxylation sites is 1. The van der Waals surface area contributed by atoms with Crippen LogP contribution in [0.5, 0.6) is 5.75 Å². The van der Waals surface area contributed by atoms with E-state index in [9.17, 15) is 13.2 Å². The van der Waals surface area contributed by atoms with E-state index >= 15 is 0 Å². The van der Waals surface area contributed by atoms with Gasteiger partial charge in [-0.15, -0.1) is 0 Å². The van der Waals surface area contributed by atoms with Gasteiger partial charge in [-0.2, -0.15) is 18.4 Å². The molecule has 0 heterocycles. The van der Waals surface area contributed by atoms with Crippen LogP contribution >= 0.6 is 0 Å². The number of hydrazone groups is 1. The highest BCUT2D eigenvalue weighted by Gasteiger charge is 2.16. The number of nitrogens with zero attached hydrogens (tertiary/aromatic N) is 1. The summed E-state index contributed by atoms with van der Waals surface area (Å²) in [5.41, 5.74) is 7.63. The second kappa shape index (κ2) is 8.01. The molecule has 3 N–H and O–H groups in total. The Morgan fingerprint density at radius 1 is 1.19 bits per heavy atom. The first-order valence-electron chi connectivity index (χ1n) is 7.84. The second-order valence-electron chi connectivity index (χ2n) is 5.81. The van der Waals surface area contributed by atoms with Crippen LogP contribution < -0.4 is 15.3 Å². The topological polar surface area (TPSA) is 111 Å². The largest absolute Gasteiger partial charge is 0.483 e. The molecule has 0 unspecified atom stereocenters. The number of nitrogens with two attached hydrogens (primary N) is 1. The SMILES string of the molecule is C/C(=N/NS(=O)(=O)c1ccc(C)cc1C)c1ccccc1OCC(N)=O. The molecule has 0 saturated carbocycles. The molecule has 0 aromatic heterocycles. The minimum Gasteiger partial charge on any atom is -0.483 e. The average Bonchev–Trinajstić information content (AvgIpc) is 2.58. The Labute approximate surface area is 152 Å². The zero-order valence-electron chi connectivity index (χ0n) is 14.8. The van der Waals surface area contributed by atoms with Gasteiger partial charge in [0.1, 0.15) is 5.75 Å². The van der Waals surface area contributed by atoms with Crippen molar-refractivity contribution >= 4 is 21.6 Å². The number of carbonyl (C=O) groups is 1. The van der Waals surface area contributed by atoms with E-state index in [-0.39, 0.29) is 11.5 Å². The Morgan fingerprint density at radius 3 is 2.54 bits per heavy atom. The maximum Gasteiger partial charge on any atom is 0.276 e. The van der Waals surface area contributed by atoms with Crippen LogP contribution in [-0.4, -0.2) is 26.6 Å². The van der Waals surface area contributed by atoms with Crippen molar-refractivity contribution in [3.63, 3.8) is 0 Å². The third kappa shape index (κ3) is 4.82. The lowest BCUT2D eigenvalue weighted by atomic mass is 10.1. The predicted molar refractivity (Wildman–Crippen MR) is 99.6 cm³/mol. The number of primary amides is 1. The highest BCUT2D eigenvalue weighted by atomic mass is 32.2. The molecule has 0 radical (unpaired) electrons. The summed E-state index contributed by atoms with van der Waals surface area (Å²) >= 11 is 0. The quantitative estimate of drug-likeness (QED) is 0.568. The van der Waals surface area contributed by atoms with E-state index in [1.54, 1.807) is 56.3 Å². The maximum absolute atomic E-state index is 12.5. The van der Waals surface area contributed by atoms with Crippen molar-refractivity contribution in [1.29, 1.82) is 0 Å². The number of amides is 1. The van der Waals surface area contributed by atoms with Gasteiger partial charge in [0, 0.05) is 5.56 Å². The van der Waals surface area contributed by atoms with Crippen LogP contribution in [0.4, 0.5) is 0 Å². The molecule has 0 atom stereocenters. The molecule has 2 aromatic carbocycles. The van der Waals surface area contributed by atoms with Crippen molar-refractivity contribution in [2.24, 2.45) is 10.8 Å². The minimum atomic E-state index is -3.80. The van der Waals surface area contributed by atoms with Gasteiger partial charge in [-0.1, -0.05) is 29.8 Å². The lowest BCUT2D eigenvalue weighted by Crippen LogP contribution is -2.22. The van der Waals surface area contributed by atoms with E-state index in [0.29, 0.717) is 22.6 Å². The fourth-order valence-electron chi connectivity index (χ4n) is 2.38. The molecule has 0 aliphatic carbocycles. The molecule has 0 fully saturated rings. The summed E-state index contributed by atoms with van der Waals surface area (Å²) < 4.78 is 30.3. The number of nitrogens with one attached hydrogen (secondary N) is 1. The van der Waals surface area contributed by atoms with Crippen LogP contribution in [0.1, 0.15) is 23.6 Å². The van der Waals surface area contributed by atoms with E-state index in [1.807, 2.05) is 6.92 Å². The van der Waals surface area contributed by atoms with Gasteiger partial charge >= 0.3 is 0 Å². The number of benzene rings is 2. The molecule has 1 amide bonds. The highest BCUT2D eigenvalue weighted by Crippen LogP contribution is 2.20. The summed E-state index contributed by atoms with van der Waals surface area (Å²) in [6.07, 6.45) is 0. The molecule has 0 aliphatic rings. The van der Waals surface area contributed by atoms with E-state index in [2.05, 4.69) is 9.93 Å². The van der Waals surface area contributed by atoms with Crippen molar-refractivity contribution in [1.82, 2.24) is 4.83 Å². The van der Waals surface area contributed by atoms with Gasteiger partial charge in [-0.05, 0) is 44.5 Å². The molecule has 2 rings (SSSR count). The lowest BCUT2D eigenvalue weighted by Gasteiger charge is -2.11. The van der Waals surface area contributed by atoms with Crippen molar-refractivity contribution in [2.75, 3.05) is 6.61 Å². The van der Waals surface area contributed by atoms with Crippen molar-refractivity contribution in [3.05, 3.63) is 59.2 Å². The molecular formula is C18H21N3O4S. The van der Waals surface area contributed by atoms with Gasteiger partial charge in [0.2, 0.25) is 0 Å². The molecule has 7 nitrogen and oxygen atoms in total. The number of hydrogen-bond acceptors (Lipinski definition) is 5. The molecule has 0 saturated heterocycles. The Hall–Kier alpha value is -2.87. The third-order valence-electron chi connectivity index (χ3n) is 3.60. The number of rotatable bonds is 7. The first kappa shape index (κ1) is 19.5. The smallest absolute Gasteiger partial charge is 0.276 e. The van der Waals surface area contributed by atoms with Crippen molar-refractivity contribution < 1.29 is 17.9 Å². The first-order valence-corrected chi connectivity index (χ1v) is 9.33. The maximum atomic E-state index is 12.5. The van der Waals surface area contributed by atoms with Crippen LogP contribution in [0.15, 0.2) is 52.5 Å². The fourth-order valence-corrected chi connectivity index (χ4v) is 3.46. The Kier molecular flexibility index (Phi) is 5.99. The standard InChI is InChI=1S/C18H21N3O4S/c1-12-8-9-17(13(2)10-12)26(23,24)21-20-14(3)15-6-4-5-7-16(15)25-11-18(19)22/h4-10,21H,11H2,1-3H3,(H2,19,22)/b20-14-. The van der Waals surface area contributed by atoms with Crippen LogP contribution in [-0.2, 0) is 14.8 Å². The van der Waals surface area contributed by atoms with Crippen LogP contribution in [0.3, 0.4) is 0 Å². The van der Waals surface area contributed by atoms with E-state index < -0.39 is 15.9 Å². The van der Waals surface area contributed by atoms with E-state index in [0.717, 1.165) is 5.56 Å². The minimum absolute atomic E-state index is 0.165. The van der Waals surface area contributed by atoms with Crippen LogP contribution in [0.25, 0.3) is 0 Å². The Balaban J connectivity index is 2.26. The number of aryl methyl sites for hydroxylation is 2. The van der Waals surface area contributed by atoms with Crippen molar-refractivity contribution in [3.8, 4) is 5.75 Å². The highest BCUT2D eigenvalue weighted by molar-refractivity contribution is 7.89. The average molecular weight is 375 g/mol. The molecule has 2 aromatic rings. The predicted octanol–water partition coefficient (Wildman–Crippen LogP) is 1.87. The zero-order chi connectivity index (χ0) is 19.3. The number of carbonyl (C=O) groups excluding carboxylic acids is 1. The van der Waals surface area contributed by atoms with Gasteiger partial charge in [0.05, 0.1) is 10.6 Å². The van der Waals surface area contributed by atoms with E-state index in [1.165, 1.54) is 0 Å².